The van der Waals surface area contributed by atoms with Gasteiger partial charge in [-0.2, -0.15) is 0 Å². The van der Waals surface area contributed by atoms with Gasteiger partial charge in [0.25, 0.3) is 5.91 Å². The van der Waals surface area contributed by atoms with Crippen molar-refractivity contribution < 1.29 is 14.4 Å². The molecule has 3 fully saturated rings. The summed E-state index contributed by atoms with van der Waals surface area (Å²) in [5.74, 6) is 0.618. The largest absolute Gasteiger partial charge is 0.341 e. The summed E-state index contributed by atoms with van der Waals surface area (Å²) in [5.41, 5.74) is -0.722. The highest BCUT2D eigenvalue weighted by Crippen LogP contribution is 2.35. The predicted octanol–water partition coefficient (Wildman–Crippen LogP) is 1.36. The van der Waals surface area contributed by atoms with Crippen molar-refractivity contribution in [3.63, 3.8) is 0 Å². The van der Waals surface area contributed by atoms with Gasteiger partial charge < -0.3 is 10.2 Å². The molecule has 0 aromatic heterocycles. The first-order chi connectivity index (χ1) is 10.4. The number of hydrogen-bond acceptors (Lipinski definition) is 3. The molecule has 2 aliphatic heterocycles. The number of likely N-dealkylation sites (tertiary alicyclic amines) is 1. The Labute approximate surface area is 131 Å². The lowest BCUT2D eigenvalue weighted by Gasteiger charge is -2.35. The van der Waals surface area contributed by atoms with E-state index in [-0.39, 0.29) is 18.4 Å². The van der Waals surface area contributed by atoms with E-state index < -0.39 is 11.6 Å². The molecule has 6 heteroatoms. The molecular weight excluding hydrogens is 282 g/mol. The van der Waals surface area contributed by atoms with E-state index in [1.165, 1.54) is 0 Å². The second kappa shape index (κ2) is 5.56. The van der Waals surface area contributed by atoms with Crippen LogP contribution < -0.4 is 5.32 Å². The Bertz CT molecular complexity index is 489. The molecule has 3 rings (SSSR count). The van der Waals surface area contributed by atoms with Gasteiger partial charge >= 0.3 is 6.03 Å². The van der Waals surface area contributed by atoms with Crippen molar-refractivity contribution in [3.8, 4) is 0 Å². The van der Waals surface area contributed by atoms with Crippen LogP contribution in [-0.4, -0.2) is 52.8 Å². The zero-order valence-corrected chi connectivity index (χ0v) is 13.4. The zero-order valence-electron chi connectivity index (χ0n) is 13.4. The van der Waals surface area contributed by atoms with Gasteiger partial charge in [-0.15, -0.1) is 0 Å². The standard InChI is InChI=1S/C16H25N3O3/c1-11-7-12(2)9-18(8-11)13(20)10-19-14(21)16(17-15(19)22)5-3-4-6-16/h11-12H,3-10H2,1-2H3,(H,17,22)/t11-,12-/m1/s1. The van der Waals surface area contributed by atoms with Gasteiger partial charge in [0.2, 0.25) is 5.91 Å². The zero-order chi connectivity index (χ0) is 15.9. The summed E-state index contributed by atoms with van der Waals surface area (Å²) in [4.78, 5) is 40.1. The minimum atomic E-state index is -0.722. The Morgan fingerprint density at radius 2 is 1.77 bits per heavy atom. The van der Waals surface area contributed by atoms with Crippen molar-refractivity contribution in [2.75, 3.05) is 19.6 Å². The first-order valence-electron chi connectivity index (χ1n) is 8.33. The van der Waals surface area contributed by atoms with Crippen LogP contribution in [0.3, 0.4) is 0 Å². The number of amides is 4. The minimum Gasteiger partial charge on any atom is -0.341 e. The fraction of sp³-hybridized carbons (Fsp3) is 0.812. The van der Waals surface area contributed by atoms with Gasteiger partial charge in [0.05, 0.1) is 0 Å². The average Bonchev–Trinajstić information content (AvgIpc) is 2.99. The highest BCUT2D eigenvalue weighted by Gasteiger charge is 2.52. The topological polar surface area (TPSA) is 69.7 Å². The Balaban J connectivity index is 1.66. The predicted molar refractivity (Wildman–Crippen MR) is 81.0 cm³/mol. The summed E-state index contributed by atoms with van der Waals surface area (Å²) in [6.07, 6.45) is 4.42. The summed E-state index contributed by atoms with van der Waals surface area (Å²) in [6.45, 7) is 5.59. The van der Waals surface area contributed by atoms with Crippen molar-refractivity contribution in [1.29, 1.82) is 0 Å². The van der Waals surface area contributed by atoms with E-state index in [0.29, 0.717) is 24.7 Å². The summed E-state index contributed by atoms with van der Waals surface area (Å²) in [7, 11) is 0. The molecular formula is C16H25N3O3. The molecule has 3 aliphatic rings. The molecule has 2 heterocycles. The fourth-order valence-corrected chi connectivity index (χ4v) is 4.24. The number of rotatable bonds is 2. The van der Waals surface area contributed by atoms with Gasteiger partial charge in [-0.3, -0.25) is 14.5 Å². The third kappa shape index (κ3) is 2.59. The van der Waals surface area contributed by atoms with Gasteiger partial charge in [-0.05, 0) is 31.1 Å². The van der Waals surface area contributed by atoms with Crippen molar-refractivity contribution in [2.45, 2.75) is 51.5 Å². The number of hydrogen-bond donors (Lipinski definition) is 1. The summed E-state index contributed by atoms with van der Waals surface area (Å²) < 4.78 is 0. The van der Waals surface area contributed by atoms with Gasteiger partial charge in [-0.1, -0.05) is 26.7 Å². The molecule has 2 atom stereocenters. The molecule has 0 aromatic rings. The van der Waals surface area contributed by atoms with E-state index >= 15 is 0 Å². The highest BCUT2D eigenvalue weighted by molar-refractivity contribution is 6.09. The molecule has 2 saturated heterocycles. The summed E-state index contributed by atoms with van der Waals surface area (Å²) >= 11 is 0. The quantitative estimate of drug-likeness (QED) is 0.783. The van der Waals surface area contributed by atoms with Crippen molar-refractivity contribution >= 4 is 17.8 Å². The lowest BCUT2D eigenvalue weighted by atomic mass is 9.92. The first-order valence-corrected chi connectivity index (χ1v) is 8.33. The van der Waals surface area contributed by atoms with Gasteiger partial charge in [0, 0.05) is 13.1 Å². The van der Waals surface area contributed by atoms with Gasteiger partial charge in [-0.25, -0.2) is 4.79 Å². The van der Waals surface area contributed by atoms with Crippen LogP contribution in [0.1, 0.15) is 46.0 Å². The Morgan fingerprint density at radius 3 is 2.36 bits per heavy atom. The molecule has 22 heavy (non-hydrogen) atoms. The normalized spacial score (nSPS) is 31.0. The summed E-state index contributed by atoms with van der Waals surface area (Å²) in [5, 5.41) is 2.82. The summed E-state index contributed by atoms with van der Waals surface area (Å²) in [6, 6.07) is -0.404. The molecule has 0 bridgehead atoms. The first kappa shape index (κ1) is 15.3. The van der Waals surface area contributed by atoms with E-state index in [1.807, 2.05) is 0 Å². The Hall–Kier alpha value is -1.59. The number of nitrogens with one attached hydrogen (secondary N) is 1. The Morgan fingerprint density at radius 1 is 1.18 bits per heavy atom. The number of urea groups is 1. The lowest BCUT2D eigenvalue weighted by molar-refractivity contribution is -0.140. The van der Waals surface area contributed by atoms with Crippen LogP contribution in [0.5, 0.6) is 0 Å². The van der Waals surface area contributed by atoms with E-state index in [2.05, 4.69) is 19.2 Å². The third-order valence-corrected chi connectivity index (χ3v) is 5.22. The molecule has 1 aliphatic carbocycles. The number of carbonyl (C=O) groups is 3. The lowest BCUT2D eigenvalue weighted by Crippen LogP contribution is -2.49. The van der Waals surface area contributed by atoms with Crippen molar-refractivity contribution in [3.05, 3.63) is 0 Å². The number of imide groups is 1. The van der Waals surface area contributed by atoms with Gasteiger partial charge in [0.15, 0.2) is 0 Å². The highest BCUT2D eigenvalue weighted by atomic mass is 16.2. The van der Waals surface area contributed by atoms with Crippen LogP contribution in [0.25, 0.3) is 0 Å². The molecule has 0 radical (unpaired) electrons. The monoisotopic (exact) mass is 307 g/mol. The van der Waals surface area contributed by atoms with Crippen molar-refractivity contribution in [1.82, 2.24) is 15.1 Å². The maximum absolute atomic E-state index is 12.6. The molecule has 6 nitrogen and oxygen atoms in total. The second-order valence-corrected chi connectivity index (χ2v) is 7.36. The van der Waals surface area contributed by atoms with Crippen LogP contribution in [0.2, 0.25) is 0 Å². The van der Waals surface area contributed by atoms with Crippen LogP contribution in [0.15, 0.2) is 0 Å². The maximum Gasteiger partial charge on any atom is 0.325 e. The van der Waals surface area contributed by atoms with Gasteiger partial charge in [0.1, 0.15) is 12.1 Å². The molecule has 4 amide bonds. The maximum atomic E-state index is 12.6. The molecule has 1 spiro atoms. The van der Waals surface area contributed by atoms with Crippen LogP contribution in [0, 0.1) is 11.8 Å². The van der Waals surface area contributed by atoms with Crippen molar-refractivity contribution in [2.24, 2.45) is 11.8 Å². The SMILES string of the molecule is C[C@@H]1C[C@@H](C)CN(C(=O)CN2C(=O)NC3(CCCC3)C2=O)C1. The Kier molecular flexibility index (Phi) is 3.87. The minimum absolute atomic E-state index is 0.114. The second-order valence-electron chi connectivity index (χ2n) is 7.36. The van der Waals surface area contributed by atoms with E-state index in [1.54, 1.807) is 4.90 Å². The number of piperidine rings is 1. The van der Waals surface area contributed by atoms with Crippen LogP contribution in [-0.2, 0) is 9.59 Å². The van der Waals surface area contributed by atoms with Crippen LogP contribution in [0.4, 0.5) is 4.79 Å². The molecule has 0 unspecified atom stereocenters. The van der Waals surface area contributed by atoms with E-state index in [0.717, 1.165) is 37.3 Å². The molecule has 1 saturated carbocycles. The average molecular weight is 307 g/mol. The molecule has 0 aromatic carbocycles. The third-order valence-electron chi connectivity index (χ3n) is 5.22. The van der Waals surface area contributed by atoms with Crippen LogP contribution >= 0.6 is 0 Å². The van der Waals surface area contributed by atoms with E-state index in [4.69, 9.17) is 0 Å². The molecule has 1 N–H and O–H groups in total. The number of nitrogens with zero attached hydrogens (tertiary/aromatic N) is 2. The fourth-order valence-electron chi connectivity index (χ4n) is 4.24. The smallest absolute Gasteiger partial charge is 0.325 e. The number of carbonyl (C=O) groups excluding carboxylic acids is 3. The van der Waals surface area contributed by atoms with E-state index in [9.17, 15) is 14.4 Å². The molecule has 122 valence electrons.